The zero-order valence-corrected chi connectivity index (χ0v) is 8.49. The van der Waals surface area contributed by atoms with Crippen LogP contribution < -0.4 is 0 Å². The van der Waals surface area contributed by atoms with Gasteiger partial charge in [-0.3, -0.25) is 0 Å². The average molecular weight is 181 g/mol. The van der Waals surface area contributed by atoms with Crippen LogP contribution in [-0.4, -0.2) is 31.8 Å². The highest BCUT2D eigenvalue weighted by Crippen LogP contribution is 2.23. The molecule has 2 radical (unpaired) electrons. The second-order valence-electron chi connectivity index (χ2n) is 3.54. The van der Waals surface area contributed by atoms with Crippen LogP contribution in [0.25, 0.3) is 0 Å². The third-order valence-corrected chi connectivity index (χ3v) is 2.00. The van der Waals surface area contributed by atoms with Crippen molar-refractivity contribution in [1.29, 1.82) is 0 Å². The van der Waals surface area contributed by atoms with E-state index < -0.39 is 0 Å². The van der Waals surface area contributed by atoms with Crippen LogP contribution in [-0.2, 0) is 9.57 Å². The van der Waals surface area contributed by atoms with Gasteiger partial charge in [0.1, 0.15) is 7.85 Å². The van der Waals surface area contributed by atoms with Crippen LogP contribution in [0.3, 0.4) is 0 Å². The van der Waals surface area contributed by atoms with E-state index in [1.807, 2.05) is 13.8 Å². The fourth-order valence-corrected chi connectivity index (χ4v) is 1.39. The summed E-state index contributed by atoms with van der Waals surface area (Å²) in [6.07, 6.45) is 1.76. The predicted octanol–water partition coefficient (Wildman–Crippen LogP) is 1.46. The lowest BCUT2D eigenvalue weighted by molar-refractivity contribution is -0.0121. The summed E-state index contributed by atoms with van der Waals surface area (Å²) in [6.45, 7) is 5.86. The van der Waals surface area contributed by atoms with Crippen molar-refractivity contribution >= 4 is 13.6 Å². The normalized spacial score (nSPS) is 33.0. The average Bonchev–Trinajstić information content (AvgIpc) is 2.42. The molecule has 4 heteroatoms. The summed E-state index contributed by atoms with van der Waals surface area (Å²) in [5.41, 5.74) is 0.912. The summed E-state index contributed by atoms with van der Waals surface area (Å²) in [6, 6.07) is -0.192. The van der Waals surface area contributed by atoms with E-state index in [4.69, 9.17) is 17.4 Å². The van der Waals surface area contributed by atoms with Gasteiger partial charge in [0, 0.05) is 12.4 Å². The first kappa shape index (κ1) is 10.6. The van der Waals surface area contributed by atoms with Crippen LogP contribution in [0.1, 0.15) is 33.6 Å². The Kier molecular flexibility index (Phi) is 3.79. The SMILES string of the molecule is [B][C@H]1CC(ON=C(C)C)[C@@H](CC)O1. The molecule has 0 aromatic carbocycles. The van der Waals surface area contributed by atoms with E-state index in [2.05, 4.69) is 12.1 Å². The van der Waals surface area contributed by atoms with Crippen molar-refractivity contribution in [3.8, 4) is 0 Å². The molecule has 13 heavy (non-hydrogen) atoms. The molecule has 3 nitrogen and oxygen atoms in total. The Balaban J connectivity index is 2.44. The Hall–Kier alpha value is -0.505. The minimum Gasteiger partial charge on any atom is -0.390 e. The molecule has 0 aromatic rings. The van der Waals surface area contributed by atoms with E-state index in [0.717, 1.165) is 18.6 Å². The molecule has 0 spiro atoms. The molecule has 0 saturated carbocycles. The molecule has 0 amide bonds. The molecule has 3 atom stereocenters. The van der Waals surface area contributed by atoms with E-state index in [1.54, 1.807) is 0 Å². The van der Waals surface area contributed by atoms with Gasteiger partial charge in [0.2, 0.25) is 0 Å². The molecule has 1 fully saturated rings. The minimum absolute atomic E-state index is 0.0231. The van der Waals surface area contributed by atoms with Gasteiger partial charge in [-0.15, -0.1) is 0 Å². The van der Waals surface area contributed by atoms with Crippen LogP contribution in [0.4, 0.5) is 0 Å². The largest absolute Gasteiger partial charge is 0.390 e. The second kappa shape index (κ2) is 4.65. The van der Waals surface area contributed by atoms with Crippen molar-refractivity contribution in [2.45, 2.75) is 51.8 Å². The van der Waals surface area contributed by atoms with E-state index >= 15 is 0 Å². The van der Waals surface area contributed by atoms with Gasteiger partial charge in [-0.25, -0.2) is 0 Å². The quantitative estimate of drug-likeness (QED) is 0.375. The number of rotatable bonds is 3. The molecular weight excluding hydrogens is 165 g/mol. The van der Waals surface area contributed by atoms with Gasteiger partial charge < -0.3 is 9.57 Å². The first-order chi connectivity index (χ1) is 6.13. The fraction of sp³-hybridized carbons (Fsp3) is 0.889. The number of oxime groups is 1. The zero-order chi connectivity index (χ0) is 9.84. The van der Waals surface area contributed by atoms with Gasteiger partial charge in [0.05, 0.1) is 11.8 Å². The predicted molar refractivity (Wildman–Crippen MR) is 53.0 cm³/mol. The number of hydrogen-bond donors (Lipinski definition) is 0. The Bertz CT molecular complexity index is 192. The number of ether oxygens (including phenoxy) is 1. The molecule has 1 saturated heterocycles. The van der Waals surface area contributed by atoms with Crippen LogP contribution in [0.2, 0.25) is 0 Å². The Morgan fingerprint density at radius 2 is 2.31 bits per heavy atom. The summed E-state index contributed by atoms with van der Waals surface area (Å²) >= 11 is 0. The molecule has 0 aromatic heterocycles. The third kappa shape index (κ3) is 3.03. The van der Waals surface area contributed by atoms with Crippen LogP contribution in [0.5, 0.6) is 0 Å². The molecule has 1 aliphatic rings. The van der Waals surface area contributed by atoms with Crippen molar-refractivity contribution in [3.63, 3.8) is 0 Å². The van der Waals surface area contributed by atoms with Gasteiger partial charge in [0.15, 0.2) is 6.10 Å². The molecule has 1 aliphatic heterocycles. The molecule has 0 aliphatic carbocycles. The monoisotopic (exact) mass is 181 g/mol. The second-order valence-corrected chi connectivity index (χ2v) is 3.54. The molecule has 0 bridgehead atoms. The highest BCUT2D eigenvalue weighted by atomic mass is 16.7. The van der Waals surface area contributed by atoms with Crippen molar-refractivity contribution < 1.29 is 9.57 Å². The van der Waals surface area contributed by atoms with E-state index in [0.29, 0.717) is 0 Å². The van der Waals surface area contributed by atoms with Gasteiger partial charge in [-0.05, 0) is 20.3 Å². The summed E-state index contributed by atoms with van der Waals surface area (Å²) in [7, 11) is 5.65. The van der Waals surface area contributed by atoms with Gasteiger partial charge in [-0.2, -0.15) is 0 Å². The van der Waals surface area contributed by atoms with Gasteiger partial charge in [0.25, 0.3) is 0 Å². The maximum atomic E-state index is 5.65. The first-order valence-electron chi connectivity index (χ1n) is 4.71. The lowest BCUT2D eigenvalue weighted by atomic mass is 9.96. The Labute approximate surface area is 80.9 Å². The van der Waals surface area contributed by atoms with Gasteiger partial charge in [-0.1, -0.05) is 12.1 Å². The van der Waals surface area contributed by atoms with Crippen molar-refractivity contribution in [3.05, 3.63) is 0 Å². The standard InChI is InChI=1S/C9H16BNO2/c1-4-7-8(5-9(10)12-7)13-11-6(2)3/h7-9H,4-5H2,1-3H3/t7-,8?,9-/m1/s1. The van der Waals surface area contributed by atoms with E-state index in [9.17, 15) is 0 Å². The summed E-state index contributed by atoms with van der Waals surface area (Å²) < 4.78 is 5.44. The molecule has 1 rings (SSSR count). The van der Waals surface area contributed by atoms with E-state index in [1.165, 1.54) is 0 Å². The first-order valence-corrected chi connectivity index (χ1v) is 4.71. The van der Waals surface area contributed by atoms with Crippen molar-refractivity contribution in [1.82, 2.24) is 0 Å². The summed E-state index contributed by atoms with van der Waals surface area (Å²) in [4.78, 5) is 5.32. The summed E-state index contributed by atoms with van der Waals surface area (Å²) in [5.74, 6) is 0. The van der Waals surface area contributed by atoms with Crippen LogP contribution >= 0.6 is 0 Å². The smallest absolute Gasteiger partial charge is 0.155 e. The molecule has 1 heterocycles. The van der Waals surface area contributed by atoms with Crippen molar-refractivity contribution in [2.75, 3.05) is 0 Å². The molecule has 0 N–H and O–H groups in total. The van der Waals surface area contributed by atoms with Crippen LogP contribution in [0.15, 0.2) is 5.16 Å². The molecule has 1 unspecified atom stereocenters. The lowest BCUT2D eigenvalue weighted by Gasteiger charge is -2.14. The van der Waals surface area contributed by atoms with Crippen LogP contribution in [0, 0.1) is 0 Å². The Morgan fingerprint density at radius 3 is 2.85 bits per heavy atom. The topological polar surface area (TPSA) is 30.8 Å². The Morgan fingerprint density at radius 1 is 1.62 bits per heavy atom. The highest BCUT2D eigenvalue weighted by Gasteiger charge is 2.33. The fourth-order valence-electron chi connectivity index (χ4n) is 1.39. The van der Waals surface area contributed by atoms with Gasteiger partial charge >= 0.3 is 0 Å². The maximum absolute atomic E-state index is 5.65. The maximum Gasteiger partial charge on any atom is 0.155 e. The van der Waals surface area contributed by atoms with E-state index in [-0.39, 0.29) is 18.2 Å². The van der Waals surface area contributed by atoms with Crippen molar-refractivity contribution in [2.24, 2.45) is 5.16 Å². The minimum atomic E-state index is -0.192. The number of hydrogen-bond acceptors (Lipinski definition) is 3. The summed E-state index contributed by atoms with van der Waals surface area (Å²) in [5, 5.41) is 3.92. The lowest BCUT2D eigenvalue weighted by Crippen LogP contribution is -2.21. The molecule has 72 valence electrons. The molecular formula is C9H16BNO2. The zero-order valence-electron chi connectivity index (χ0n) is 8.49. The number of nitrogens with zero attached hydrogens (tertiary/aromatic N) is 1. The highest BCUT2D eigenvalue weighted by molar-refractivity contribution is 6.11. The third-order valence-electron chi connectivity index (χ3n) is 2.00.